The van der Waals surface area contributed by atoms with Crippen molar-refractivity contribution in [2.24, 2.45) is 0 Å². The Morgan fingerprint density at radius 1 is 1.21 bits per heavy atom. The molecule has 0 spiro atoms. The van der Waals surface area contributed by atoms with Crippen LogP contribution in [0.3, 0.4) is 0 Å². The number of fused-ring (bicyclic) bond motifs is 1. The molecule has 0 radical (unpaired) electrons. The summed E-state index contributed by atoms with van der Waals surface area (Å²) < 4.78 is 2.74. The molecule has 0 aliphatic rings. The maximum Gasteiger partial charge on any atom is 0.197 e. The molecule has 0 N–H and O–H groups in total. The highest BCUT2D eigenvalue weighted by atomic mass is 79.9. The molecule has 0 amide bonds. The van der Waals surface area contributed by atoms with E-state index in [0.29, 0.717) is 16.8 Å². The summed E-state index contributed by atoms with van der Waals surface area (Å²) >= 11 is 9.23. The molecule has 0 saturated carbocycles. The first-order valence-electron chi connectivity index (χ1n) is 5.73. The second-order valence-electron chi connectivity index (χ2n) is 4.21. The Bertz CT molecular complexity index is 736. The lowest BCUT2D eigenvalue weighted by Gasteiger charge is -2.06. The summed E-state index contributed by atoms with van der Waals surface area (Å²) in [5, 5.41) is 0.735. The van der Waals surface area contributed by atoms with Crippen molar-refractivity contribution in [3.8, 4) is 0 Å². The lowest BCUT2D eigenvalue weighted by molar-refractivity contribution is 0.776. The molecule has 19 heavy (non-hydrogen) atoms. The predicted octanol–water partition coefficient (Wildman–Crippen LogP) is 3.60. The average molecular weight is 338 g/mol. The Kier molecular flexibility index (Phi) is 3.24. The third-order valence-corrected chi connectivity index (χ3v) is 3.51. The van der Waals surface area contributed by atoms with Crippen LogP contribution in [-0.4, -0.2) is 19.5 Å². The summed E-state index contributed by atoms with van der Waals surface area (Å²) in [4.78, 5) is 13.1. The molecule has 2 heterocycles. The molecular formula is C13H10BrClN4. The number of aromatic nitrogens is 4. The van der Waals surface area contributed by atoms with Gasteiger partial charge in [-0.1, -0.05) is 23.7 Å². The summed E-state index contributed by atoms with van der Waals surface area (Å²) in [6.07, 6.45) is 1.65. The molecule has 3 rings (SSSR count). The molecule has 0 saturated heterocycles. The smallest absolute Gasteiger partial charge is 0.197 e. The fourth-order valence-corrected chi connectivity index (χ4v) is 2.34. The summed E-state index contributed by atoms with van der Waals surface area (Å²) in [6.45, 7) is 2.65. The minimum Gasteiger partial charge on any atom is -0.307 e. The van der Waals surface area contributed by atoms with Crippen LogP contribution >= 0.6 is 27.5 Å². The van der Waals surface area contributed by atoms with E-state index in [0.717, 1.165) is 22.1 Å². The van der Waals surface area contributed by atoms with E-state index >= 15 is 0 Å². The van der Waals surface area contributed by atoms with Gasteiger partial charge in [0.05, 0.1) is 12.7 Å². The van der Waals surface area contributed by atoms with Crippen LogP contribution in [0.25, 0.3) is 11.3 Å². The molecule has 0 unspecified atom stereocenters. The Labute approximate surface area is 123 Å². The first-order valence-corrected chi connectivity index (χ1v) is 6.90. The van der Waals surface area contributed by atoms with E-state index in [1.54, 1.807) is 6.20 Å². The Morgan fingerprint density at radius 2 is 1.95 bits per heavy atom. The number of rotatable bonds is 2. The van der Waals surface area contributed by atoms with Gasteiger partial charge in [-0.2, -0.15) is 0 Å². The maximum atomic E-state index is 5.89. The van der Waals surface area contributed by atoms with Gasteiger partial charge in [-0.3, -0.25) is 0 Å². The molecule has 0 aliphatic heterocycles. The lowest BCUT2D eigenvalue weighted by atomic mass is 10.2. The van der Waals surface area contributed by atoms with Crippen LogP contribution in [0.1, 0.15) is 11.4 Å². The van der Waals surface area contributed by atoms with Gasteiger partial charge in [0.25, 0.3) is 0 Å². The average Bonchev–Trinajstić information content (AvgIpc) is 2.69. The normalized spacial score (nSPS) is 11.1. The van der Waals surface area contributed by atoms with Crippen molar-refractivity contribution >= 4 is 38.8 Å². The molecule has 0 atom stereocenters. The Morgan fingerprint density at radius 3 is 2.68 bits per heavy atom. The van der Waals surface area contributed by atoms with Gasteiger partial charge in [0, 0.05) is 5.02 Å². The van der Waals surface area contributed by atoms with Gasteiger partial charge in [0.1, 0.15) is 10.4 Å². The number of hydrogen-bond acceptors (Lipinski definition) is 3. The second kappa shape index (κ2) is 4.90. The zero-order valence-corrected chi connectivity index (χ0v) is 12.5. The molecular weight excluding hydrogens is 328 g/mol. The Hall–Kier alpha value is -1.46. The van der Waals surface area contributed by atoms with E-state index in [-0.39, 0.29) is 0 Å². The lowest BCUT2D eigenvalue weighted by Crippen LogP contribution is -2.03. The topological polar surface area (TPSA) is 43.6 Å². The van der Waals surface area contributed by atoms with Gasteiger partial charge in [-0.05, 0) is 40.5 Å². The third-order valence-electron chi connectivity index (χ3n) is 2.87. The zero-order valence-electron chi connectivity index (χ0n) is 10.1. The highest BCUT2D eigenvalue weighted by Crippen LogP contribution is 2.17. The second-order valence-corrected chi connectivity index (χ2v) is 5.46. The first-order chi connectivity index (χ1) is 9.13. The predicted molar refractivity (Wildman–Crippen MR) is 78.3 cm³/mol. The van der Waals surface area contributed by atoms with Crippen molar-refractivity contribution in [1.29, 1.82) is 0 Å². The van der Waals surface area contributed by atoms with Crippen LogP contribution in [0.2, 0.25) is 5.02 Å². The van der Waals surface area contributed by atoms with Crippen molar-refractivity contribution in [2.45, 2.75) is 13.5 Å². The minimum absolute atomic E-state index is 0.662. The van der Waals surface area contributed by atoms with E-state index in [1.807, 2.05) is 35.8 Å². The van der Waals surface area contributed by atoms with Gasteiger partial charge in [0.15, 0.2) is 11.3 Å². The highest BCUT2D eigenvalue weighted by molar-refractivity contribution is 9.10. The summed E-state index contributed by atoms with van der Waals surface area (Å²) in [6, 6.07) is 7.76. The fraction of sp³-hybridized carbons (Fsp3) is 0.154. The molecule has 4 nitrogen and oxygen atoms in total. The van der Waals surface area contributed by atoms with Crippen molar-refractivity contribution in [3.63, 3.8) is 0 Å². The van der Waals surface area contributed by atoms with Crippen LogP contribution in [-0.2, 0) is 6.54 Å². The zero-order chi connectivity index (χ0) is 13.4. The van der Waals surface area contributed by atoms with Gasteiger partial charge in [0.2, 0.25) is 0 Å². The monoisotopic (exact) mass is 336 g/mol. The molecule has 6 heteroatoms. The number of nitrogens with zero attached hydrogens (tertiary/aromatic N) is 4. The fourth-order valence-electron chi connectivity index (χ4n) is 1.94. The number of halogens is 2. The largest absolute Gasteiger partial charge is 0.307 e. The van der Waals surface area contributed by atoms with E-state index < -0.39 is 0 Å². The molecule has 2 aromatic heterocycles. The summed E-state index contributed by atoms with van der Waals surface area (Å²) in [7, 11) is 0. The molecule has 3 aromatic rings. The standard InChI is InChI=1S/C13H10BrClN4/c1-8-17-12-13(18-11(14)6-16-12)19(8)7-9-2-4-10(15)5-3-9/h2-6H,7H2,1H3. The van der Waals surface area contributed by atoms with Crippen LogP contribution < -0.4 is 0 Å². The first kappa shape index (κ1) is 12.6. The van der Waals surface area contributed by atoms with E-state index in [2.05, 4.69) is 30.9 Å². The quantitative estimate of drug-likeness (QED) is 0.717. The SMILES string of the molecule is Cc1nc2ncc(Br)nc2n1Cc1ccc(Cl)cc1. The number of benzene rings is 1. The van der Waals surface area contributed by atoms with E-state index in [9.17, 15) is 0 Å². The van der Waals surface area contributed by atoms with Crippen LogP contribution in [0.4, 0.5) is 0 Å². The van der Waals surface area contributed by atoms with Gasteiger partial charge < -0.3 is 4.57 Å². The van der Waals surface area contributed by atoms with Gasteiger partial charge >= 0.3 is 0 Å². The van der Waals surface area contributed by atoms with Crippen molar-refractivity contribution in [1.82, 2.24) is 19.5 Å². The maximum absolute atomic E-state index is 5.89. The van der Waals surface area contributed by atoms with Crippen LogP contribution in [0.5, 0.6) is 0 Å². The third kappa shape index (κ3) is 2.48. The van der Waals surface area contributed by atoms with Crippen LogP contribution in [0.15, 0.2) is 35.1 Å². The molecule has 96 valence electrons. The van der Waals surface area contributed by atoms with Crippen LogP contribution in [0, 0.1) is 6.92 Å². The number of hydrogen-bond donors (Lipinski definition) is 0. The minimum atomic E-state index is 0.662. The van der Waals surface area contributed by atoms with Crippen molar-refractivity contribution in [2.75, 3.05) is 0 Å². The van der Waals surface area contributed by atoms with Crippen molar-refractivity contribution in [3.05, 3.63) is 51.5 Å². The molecule has 1 aromatic carbocycles. The van der Waals surface area contributed by atoms with Gasteiger partial charge in [-0.25, -0.2) is 15.0 Å². The van der Waals surface area contributed by atoms with E-state index in [1.165, 1.54) is 0 Å². The molecule has 0 fully saturated rings. The summed E-state index contributed by atoms with van der Waals surface area (Å²) in [5.74, 6) is 0.892. The highest BCUT2D eigenvalue weighted by Gasteiger charge is 2.10. The Balaban J connectivity index is 2.06. The van der Waals surface area contributed by atoms with Gasteiger partial charge in [-0.15, -0.1) is 0 Å². The summed E-state index contributed by atoms with van der Waals surface area (Å²) in [5.41, 5.74) is 2.59. The molecule has 0 bridgehead atoms. The number of imidazole rings is 1. The molecule has 0 aliphatic carbocycles. The van der Waals surface area contributed by atoms with Crippen molar-refractivity contribution < 1.29 is 0 Å². The van der Waals surface area contributed by atoms with E-state index in [4.69, 9.17) is 11.6 Å². The number of aryl methyl sites for hydroxylation is 1.